The average molecular weight is 338 g/mol. The molecular weight excluding hydrogens is 314 g/mol. The molecule has 0 aliphatic heterocycles. The maximum atomic E-state index is 12.4. The summed E-state index contributed by atoms with van der Waals surface area (Å²) in [6.45, 7) is 4.66. The number of hydrogen-bond donors (Lipinski definition) is 1. The molecule has 7 heteroatoms. The van der Waals surface area contributed by atoms with E-state index in [1.807, 2.05) is 52.2 Å². The molecule has 1 amide bonds. The lowest BCUT2D eigenvalue weighted by molar-refractivity contribution is -0.135. The van der Waals surface area contributed by atoms with Crippen LogP contribution in [0.2, 0.25) is 0 Å². The minimum Gasteiger partial charge on any atom is -0.339 e. The number of rotatable bonds is 6. The molecule has 2 rings (SSSR count). The topological polar surface area (TPSA) is 63.1 Å². The molecule has 1 aromatic heterocycles. The van der Waals surface area contributed by atoms with E-state index in [1.165, 1.54) is 6.33 Å². The van der Waals surface area contributed by atoms with Gasteiger partial charge in [-0.3, -0.25) is 4.79 Å². The van der Waals surface area contributed by atoms with Crippen molar-refractivity contribution in [1.29, 1.82) is 0 Å². The van der Waals surface area contributed by atoms with Crippen molar-refractivity contribution in [3.8, 4) is 5.69 Å². The van der Waals surface area contributed by atoms with E-state index in [1.54, 1.807) is 15.9 Å². The normalized spacial score (nSPS) is 13.0. The Balaban J connectivity index is 0.00000264. The summed E-state index contributed by atoms with van der Waals surface area (Å²) < 4.78 is 1.71. The summed E-state index contributed by atoms with van der Waals surface area (Å²) in [5, 5.41) is 7.14. The lowest BCUT2D eigenvalue weighted by Gasteiger charge is -2.28. The quantitative estimate of drug-likeness (QED) is 0.876. The summed E-state index contributed by atoms with van der Waals surface area (Å²) >= 11 is 0. The van der Waals surface area contributed by atoms with Gasteiger partial charge >= 0.3 is 0 Å². The Morgan fingerprint density at radius 3 is 2.48 bits per heavy atom. The molecule has 0 saturated heterocycles. The van der Waals surface area contributed by atoms with E-state index < -0.39 is 0 Å². The van der Waals surface area contributed by atoms with Gasteiger partial charge in [-0.2, -0.15) is 5.10 Å². The Morgan fingerprint density at radius 1 is 1.30 bits per heavy atom. The highest BCUT2D eigenvalue weighted by Crippen LogP contribution is 2.21. The third-order valence-corrected chi connectivity index (χ3v) is 3.92. The first-order valence-corrected chi connectivity index (χ1v) is 7.40. The van der Waals surface area contributed by atoms with Crippen molar-refractivity contribution in [3.05, 3.63) is 42.5 Å². The van der Waals surface area contributed by atoms with Crippen molar-refractivity contribution in [1.82, 2.24) is 25.0 Å². The standard InChI is InChI=1S/C16H23N5O.ClH/c1-12(9-17-3)16(22)20(4)13(2)14-5-7-15(8-6-14)21-11-18-10-19-21;/h5-8,10-13,17H,9H2,1-4H3;1H. The molecule has 1 aromatic carbocycles. The number of benzene rings is 1. The molecule has 2 aromatic rings. The van der Waals surface area contributed by atoms with Gasteiger partial charge in [0.05, 0.1) is 11.7 Å². The highest BCUT2D eigenvalue weighted by atomic mass is 35.5. The zero-order valence-corrected chi connectivity index (χ0v) is 14.7. The molecule has 23 heavy (non-hydrogen) atoms. The lowest BCUT2D eigenvalue weighted by Crippen LogP contribution is -2.37. The van der Waals surface area contributed by atoms with Crippen LogP contribution in [0.4, 0.5) is 0 Å². The Bertz CT molecular complexity index is 599. The molecule has 6 nitrogen and oxygen atoms in total. The molecule has 1 N–H and O–H groups in total. The van der Waals surface area contributed by atoms with Gasteiger partial charge in [0.2, 0.25) is 5.91 Å². The number of nitrogens with one attached hydrogen (secondary N) is 1. The maximum absolute atomic E-state index is 12.4. The van der Waals surface area contributed by atoms with Crippen LogP contribution in [0.5, 0.6) is 0 Å². The van der Waals surface area contributed by atoms with Crippen molar-refractivity contribution < 1.29 is 4.79 Å². The first-order valence-electron chi connectivity index (χ1n) is 7.40. The highest BCUT2D eigenvalue weighted by Gasteiger charge is 2.22. The summed E-state index contributed by atoms with van der Waals surface area (Å²) in [5.74, 6) is 0.106. The smallest absolute Gasteiger partial charge is 0.226 e. The van der Waals surface area contributed by atoms with Crippen molar-refractivity contribution in [2.45, 2.75) is 19.9 Å². The van der Waals surface area contributed by atoms with Gasteiger partial charge in [0, 0.05) is 19.5 Å². The molecule has 0 radical (unpaired) electrons. The number of aromatic nitrogens is 3. The van der Waals surface area contributed by atoms with E-state index in [4.69, 9.17) is 0 Å². The van der Waals surface area contributed by atoms with Gasteiger partial charge in [-0.15, -0.1) is 12.4 Å². The van der Waals surface area contributed by atoms with E-state index >= 15 is 0 Å². The number of carbonyl (C=O) groups excluding carboxylic acids is 1. The summed E-state index contributed by atoms with van der Waals surface area (Å²) in [4.78, 5) is 18.1. The predicted molar refractivity (Wildman–Crippen MR) is 92.9 cm³/mol. The van der Waals surface area contributed by atoms with Crippen LogP contribution < -0.4 is 5.32 Å². The number of hydrogen-bond acceptors (Lipinski definition) is 4. The zero-order valence-electron chi connectivity index (χ0n) is 13.9. The van der Waals surface area contributed by atoms with Crippen LogP contribution >= 0.6 is 12.4 Å². The van der Waals surface area contributed by atoms with E-state index in [-0.39, 0.29) is 30.3 Å². The van der Waals surface area contributed by atoms with Gasteiger partial charge < -0.3 is 10.2 Å². The Morgan fingerprint density at radius 2 is 1.96 bits per heavy atom. The van der Waals surface area contributed by atoms with E-state index in [2.05, 4.69) is 15.4 Å². The van der Waals surface area contributed by atoms with Crippen molar-refractivity contribution >= 4 is 18.3 Å². The lowest BCUT2D eigenvalue weighted by atomic mass is 10.0. The second kappa shape index (κ2) is 8.64. The molecule has 2 atom stereocenters. The molecule has 0 bridgehead atoms. The van der Waals surface area contributed by atoms with Gasteiger partial charge in [0.15, 0.2) is 0 Å². The Kier molecular flexibility index (Phi) is 7.19. The first kappa shape index (κ1) is 19.1. The third kappa shape index (κ3) is 4.53. The highest BCUT2D eigenvalue weighted by molar-refractivity contribution is 5.85. The van der Waals surface area contributed by atoms with Crippen LogP contribution in [0.15, 0.2) is 36.9 Å². The van der Waals surface area contributed by atoms with Gasteiger partial charge in [0.25, 0.3) is 0 Å². The zero-order chi connectivity index (χ0) is 16.1. The number of halogens is 1. The third-order valence-electron chi connectivity index (χ3n) is 3.92. The van der Waals surface area contributed by atoms with Crippen LogP contribution in [0.1, 0.15) is 25.5 Å². The molecular formula is C16H24ClN5O. The minimum atomic E-state index is -0.0353. The van der Waals surface area contributed by atoms with E-state index in [0.717, 1.165) is 11.3 Å². The van der Waals surface area contributed by atoms with Crippen LogP contribution in [0.25, 0.3) is 5.69 Å². The van der Waals surface area contributed by atoms with Crippen LogP contribution in [-0.4, -0.2) is 46.2 Å². The van der Waals surface area contributed by atoms with Gasteiger partial charge in [-0.25, -0.2) is 9.67 Å². The largest absolute Gasteiger partial charge is 0.339 e. The maximum Gasteiger partial charge on any atom is 0.226 e. The SMILES string of the molecule is CNCC(C)C(=O)N(C)C(C)c1ccc(-n2cncn2)cc1.Cl. The summed E-state index contributed by atoms with van der Waals surface area (Å²) in [7, 11) is 3.71. The van der Waals surface area contributed by atoms with Crippen LogP contribution in [0, 0.1) is 5.92 Å². The van der Waals surface area contributed by atoms with Crippen molar-refractivity contribution in [2.24, 2.45) is 5.92 Å². The van der Waals surface area contributed by atoms with Gasteiger partial charge in [-0.1, -0.05) is 19.1 Å². The molecule has 2 unspecified atom stereocenters. The van der Waals surface area contributed by atoms with Gasteiger partial charge in [-0.05, 0) is 31.7 Å². The van der Waals surface area contributed by atoms with Gasteiger partial charge in [0.1, 0.15) is 12.7 Å². The van der Waals surface area contributed by atoms with Crippen molar-refractivity contribution in [2.75, 3.05) is 20.6 Å². The fourth-order valence-electron chi connectivity index (χ4n) is 2.40. The summed E-state index contributed by atoms with van der Waals surface area (Å²) in [5.41, 5.74) is 2.04. The second-order valence-electron chi connectivity index (χ2n) is 5.52. The molecule has 1 heterocycles. The minimum absolute atomic E-state index is 0. The Hall–Kier alpha value is -1.92. The molecule has 0 saturated carbocycles. The van der Waals surface area contributed by atoms with E-state index in [9.17, 15) is 4.79 Å². The number of carbonyl (C=O) groups is 1. The summed E-state index contributed by atoms with van der Waals surface area (Å²) in [6, 6.07) is 8.03. The van der Waals surface area contributed by atoms with Crippen LogP contribution in [0.3, 0.4) is 0 Å². The predicted octanol–water partition coefficient (Wildman–Crippen LogP) is 2.06. The second-order valence-corrected chi connectivity index (χ2v) is 5.52. The number of nitrogens with zero attached hydrogens (tertiary/aromatic N) is 4. The van der Waals surface area contributed by atoms with Crippen LogP contribution in [-0.2, 0) is 4.79 Å². The molecule has 0 aliphatic carbocycles. The van der Waals surface area contributed by atoms with E-state index in [0.29, 0.717) is 6.54 Å². The molecule has 0 spiro atoms. The average Bonchev–Trinajstić information content (AvgIpc) is 3.07. The fourth-order valence-corrected chi connectivity index (χ4v) is 2.40. The molecule has 0 fully saturated rings. The first-order chi connectivity index (χ1) is 10.5. The fraction of sp³-hybridized carbons (Fsp3) is 0.438. The molecule has 0 aliphatic rings. The van der Waals surface area contributed by atoms with Crippen molar-refractivity contribution in [3.63, 3.8) is 0 Å². The molecule has 126 valence electrons. The monoisotopic (exact) mass is 337 g/mol. The Labute approximate surface area is 143 Å². The number of amides is 1. The summed E-state index contributed by atoms with van der Waals surface area (Å²) in [6.07, 6.45) is 3.17.